The zero-order valence-electron chi connectivity index (χ0n) is 36.6. The number of allylic oxidation sites excluding steroid dienone is 6. The molecular formula is C48H88O9. The molecule has 6 atom stereocenters. The van der Waals surface area contributed by atoms with Crippen molar-refractivity contribution in [3.8, 4) is 0 Å². The van der Waals surface area contributed by atoms with Gasteiger partial charge in [-0.3, -0.25) is 4.79 Å². The minimum Gasteiger partial charge on any atom is -0.457 e. The second-order valence-electron chi connectivity index (χ2n) is 16.2. The standard InChI is InChI=1S/C48H88O9/c1-3-5-7-9-11-13-15-17-19-21-23-25-27-29-31-33-35-37-44(50)56-42(41-55-48-47(53)46(52)45(51)43(39-49)57-48)40-54-38-36-34-32-30-28-26-24-22-20-18-16-14-12-10-8-6-4-2/h14,16-17,19-20,22,42-43,45-49,51-53H,3-13,15,18,21,23-41H2,1-2H3/b16-14-,19-17-,22-20-. The number of esters is 1. The summed E-state index contributed by atoms with van der Waals surface area (Å²) in [5.41, 5.74) is 0. The first-order valence-corrected chi connectivity index (χ1v) is 23.6. The lowest BCUT2D eigenvalue weighted by Crippen LogP contribution is -2.59. The van der Waals surface area contributed by atoms with Gasteiger partial charge in [0, 0.05) is 13.0 Å². The maximum atomic E-state index is 12.8. The normalized spacial score (nSPS) is 20.7. The van der Waals surface area contributed by atoms with Crippen molar-refractivity contribution in [3.63, 3.8) is 0 Å². The van der Waals surface area contributed by atoms with Crippen LogP contribution in [-0.4, -0.2) is 89.6 Å². The summed E-state index contributed by atoms with van der Waals surface area (Å²) in [7, 11) is 0. The fourth-order valence-corrected chi connectivity index (χ4v) is 7.05. The number of hydrogen-bond donors (Lipinski definition) is 4. The van der Waals surface area contributed by atoms with Crippen LogP contribution in [0.2, 0.25) is 0 Å². The molecule has 4 N–H and O–H groups in total. The molecule has 0 amide bonds. The molecular weight excluding hydrogens is 721 g/mol. The molecule has 9 heteroatoms. The average molecular weight is 809 g/mol. The Labute approximate surface area is 349 Å². The highest BCUT2D eigenvalue weighted by Crippen LogP contribution is 2.22. The Morgan fingerprint density at radius 3 is 1.54 bits per heavy atom. The Morgan fingerprint density at radius 1 is 0.561 bits per heavy atom. The molecule has 0 aliphatic carbocycles. The van der Waals surface area contributed by atoms with Crippen LogP contribution < -0.4 is 0 Å². The van der Waals surface area contributed by atoms with Gasteiger partial charge < -0.3 is 39.4 Å². The molecule has 1 saturated heterocycles. The van der Waals surface area contributed by atoms with Gasteiger partial charge in [-0.15, -0.1) is 0 Å². The minimum atomic E-state index is -1.54. The predicted octanol–water partition coefficient (Wildman–Crippen LogP) is 10.8. The van der Waals surface area contributed by atoms with Crippen LogP contribution in [0.1, 0.15) is 200 Å². The van der Waals surface area contributed by atoms with E-state index < -0.39 is 43.4 Å². The molecule has 0 saturated carbocycles. The highest BCUT2D eigenvalue weighted by Gasteiger charge is 2.44. The van der Waals surface area contributed by atoms with Crippen molar-refractivity contribution in [1.29, 1.82) is 0 Å². The van der Waals surface area contributed by atoms with Gasteiger partial charge in [0.2, 0.25) is 0 Å². The van der Waals surface area contributed by atoms with E-state index in [0.717, 1.165) is 51.4 Å². The number of rotatable bonds is 40. The van der Waals surface area contributed by atoms with Crippen LogP contribution in [0.3, 0.4) is 0 Å². The summed E-state index contributed by atoms with van der Waals surface area (Å²) >= 11 is 0. The van der Waals surface area contributed by atoms with Crippen molar-refractivity contribution in [2.24, 2.45) is 0 Å². The summed E-state index contributed by atoms with van der Waals surface area (Å²) in [4.78, 5) is 12.8. The van der Waals surface area contributed by atoms with Gasteiger partial charge in [0.15, 0.2) is 6.29 Å². The molecule has 0 bridgehead atoms. The Balaban J connectivity index is 2.26. The molecule has 1 fully saturated rings. The van der Waals surface area contributed by atoms with Crippen LogP contribution in [0.4, 0.5) is 0 Å². The third kappa shape index (κ3) is 31.0. The van der Waals surface area contributed by atoms with E-state index >= 15 is 0 Å². The molecule has 334 valence electrons. The number of unbranched alkanes of at least 4 members (excludes halogenated alkanes) is 23. The van der Waals surface area contributed by atoms with Gasteiger partial charge in [-0.1, -0.05) is 159 Å². The number of aliphatic hydroxyl groups is 4. The van der Waals surface area contributed by atoms with Crippen molar-refractivity contribution in [2.45, 2.75) is 237 Å². The quantitative estimate of drug-likeness (QED) is 0.0271. The van der Waals surface area contributed by atoms with Crippen LogP contribution in [0.25, 0.3) is 0 Å². The molecule has 1 rings (SSSR count). The molecule has 1 aliphatic heterocycles. The van der Waals surface area contributed by atoms with Crippen LogP contribution in [0, 0.1) is 0 Å². The summed E-state index contributed by atoms with van der Waals surface area (Å²) in [6.45, 7) is 4.52. The van der Waals surface area contributed by atoms with Crippen LogP contribution in [0.5, 0.6) is 0 Å². The number of carbonyl (C=O) groups excluding carboxylic acids is 1. The van der Waals surface area contributed by atoms with E-state index in [-0.39, 0.29) is 19.2 Å². The van der Waals surface area contributed by atoms with E-state index in [4.69, 9.17) is 18.9 Å². The van der Waals surface area contributed by atoms with Crippen molar-refractivity contribution in [3.05, 3.63) is 36.5 Å². The summed E-state index contributed by atoms with van der Waals surface area (Å²) in [6.07, 6.45) is 40.2. The van der Waals surface area contributed by atoms with Crippen molar-refractivity contribution in [2.75, 3.05) is 26.4 Å². The van der Waals surface area contributed by atoms with E-state index in [1.807, 2.05) is 0 Å². The monoisotopic (exact) mass is 809 g/mol. The molecule has 1 aliphatic rings. The molecule has 57 heavy (non-hydrogen) atoms. The molecule has 9 nitrogen and oxygen atoms in total. The first-order chi connectivity index (χ1) is 27.9. The zero-order chi connectivity index (χ0) is 41.4. The van der Waals surface area contributed by atoms with E-state index in [0.29, 0.717) is 13.0 Å². The van der Waals surface area contributed by atoms with E-state index in [1.165, 1.54) is 128 Å². The maximum Gasteiger partial charge on any atom is 0.306 e. The van der Waals surface area contributed by atoms with Crippen LogP contribution >= 0.6 is 0 Å². The Kier molecular flexibility index (Phi) is 37.4. The fourth-order valence-electron chi connectivity index (χ4n) is 7.05. The molecule has 0 aromatic rings. The van der Waals surface area contributed by atoms with E-state index in [9.17, 15) is 25.2 Å². The molecule has 0 spiro atoms. The molecule has 0 radical (unpaired) electrons. The van der Waals surface area contributed by atoms with Crippen molar-refractivity contribution < 1.29 is 44.2 Å². The molecule has 0 aromatic heterocycles. The van der Waals surface area contributed by atoms with Crippen molar-refractivity contribution in [1.82, 2.24) is 0 Å². The topological polar surface area (TPSA) is 135 Å². The van der Waals surface area contributed by atoms with Gasteiger partial charge in [-0.2, -0.15) is 0 Å². The molecule has 1 heterocycles. The summed E-state index contributed by atoms with van der Waals surface area (Å²) in [5.74, 6) is -0.321. The average Bonchev–Trinajstić information content (AvgIpc) is 3.21. The number of carbonyl (C=O) groups is 1. The first kappa shape index (κ1) is 53.4. The van der Waals surface area contributed by atoms with Crippen molar-refractivity contribution >= 4 is 5.97 Å². The number of hydrogen-bond acceptors (Lipinski definition) is 9. The van der Waals surface area contributed by atoms with Crippen LogP contribution in [-0.2, 0) is 23.7 Å². The Hall–Kier alpha value is -1.59. The van der Waals surface area contributed by atoms with Crippen LogP contribution in [0.15, 0.2) is 36.5 Å². The minimum absolute atomic E-state index is 0.119. The maximum absolute atomic E-state index is 12.8. The zero-order valence-corrected chi connectivity index (χ0v) is 36.6. The van der Waals surface area contributed by atoms with Gasteiger partial charge in [0.25, 0.3) is 0 Å². The molecule has 6 unspecified atom stereocenters. The fraction of sp³-hybridized carbons (Fsp3) is 0.854. The lowest BCUT2D eigenvalue weighted by Gasteiger charge is -2.39. The van der Waals surface area contributed by atoms with Gasteiger partial charge in [-0.05, 0) is 70.6 Å². The van der Waals surface area contributed by atoms with Gasteiger partial charge >= 0.3 is 5.97 Å². The second kappa shape index (κ2) is 39.8. The van der Waals surface area contributed by atoms with Gasteiger partial charge in [0.05, 0.1) is 19.8 Å². The van der Waals surface area contributed by atoms with E-state index in [1.54, 1.807) is 0 Å². The SMILES string of the molecule is CCCCCC/C=C\C/C=C\CCCCCCCCOCC(COC1OC(CO)C(O)C(O)C1O)OC(=O)CCCCCCCCC/C=C\CCCCCCCC. The second-order valence-corrected chi connectivity index (χ2v) is 16.2. The predicted molar refractivity (Wildman–Crippen MR) is 233 cm³/mol. The Morgan fingerprint density at radius 2 is 1.02 bits per heavy atom. The number of aliphatic hydroxyl groups excluding tert-OH is 4. The summed E-state index contributed by atoms with van der Waals surface area (Å²) < 4.78 is 22.8. The largest absolute Gasteiger partial charge is 0.457 e. The third-order valence-electron chi connectivity index (χ3n) is 10.8. The lowest BCUT2D eigenvalue weighted by atomic mass is 9.99. The van der Waals surface area contributed by atoms with Gasteiger partial charge in [0.1, 0.15) is 30.5 Å². The van der Waals surface area contributed by atoms with Gasteiger partial charge in [-0.25, -0.2) is 0 Å². The van der Waals surface area contributed by atoms with E-state index in [2.05, 4.69) is 50.3 Å². The first-order valence-electron chi connectivity index (χ1n) is 23.6. The third-order valence-corrected chi connectivity index (χ3v) is 10.8. The summed E-state index contributed by atoms with van der Waals surface area (Å²) in [5, 5.41) is 40.1. The number of ether oxygens (including phenoxy) is 4. The highest BCUT2D eigenvalue weighted by molar-refractivity contribution is 5.69. The summed E-state index contributed by atoms with van der Waals surface area (Å²) in [6, 6.07) is 0. The lowest BCUT2D eigenvalue weighted by molar-refractivity contribution is -0.305. The smallest absolute Gasteiger partial charge is 0.306 e. The Bertz CT molecular complexity index is 968. The molecule has 0 aromatic carbocycles. The highest BCUT2D eigenvalue weighted by atomic mass is 16.7.